The molecule has 0 radical (unpaired) electrons. The predicted molar refractivity (Wildman–Crippen MR) is 109 cm³/mol. The summed E-state index contributed by atoms with van der Waals surface area (Å²) >= 11 is 0. The van der Waals surface area contributed by atoms with Crippen molar-refractivity contribution in [3.05, 3.63) is 71.8 Å². The molecule has 2 aromatic carbocycles. The summed E-state index contributed by atoms with van der Waals surface area (Å²) < 4.78 is 26.1. The maximum atomic E-state index is 13.1. The summed E-state index contributed by atoms with van der Waals surface area (Å²) in [5.41, 5.74) is 2.28. The van der Waals surface area contributed by atoms with E-state index in [2.05, 4.69) is 12.1 Å². The molecular weight excluding hydrogens is 372 g/mol. The molecule has 5 nitrogen and oxygen atoms in total. The highest BCUT2D eigenvalue weighted by Gasteiger charge is 2.47. The molecule has 1 aliphatic carbocycles. The van der Waals surface area contributed by atoms with Gasteiger partial charge in [0.25, 0.3) is 0 Å². The quantitative estimate of drug-likeness (QED) is 0.687. The molecule has 1 saturated carbocycles. The third-order valence-electron chi connectivity index (χ3n) is 5.54. The Morgan fingerprint density at radius 2 is 1.50 bits per heavy atom. The van der Waals surface area contributed by atoms with E-state index < -0.39 is 10.0 Å². The van der Waals surface area contributed by atoms with Crippen molar-refractivity contribution >= 4 is 15.9 Å². The van der Waals surface area contributed by atoms with Gasteiger partial charge in [0.05, 0.1) is 11.2 Å². The molecule has 1 aliphatic heterocycles. The lowest BCUT2D eigenvalue weighted by Crippen LogP contribution is -2.57. The third-order valence-corrected chi connectivity index (χ3v) is 7.88. The molecule has 148 valence electrons. The molecule has 0 aromatic heterocycles. The summed E-state index contributed by atoms with van der Waals surface area (Å²) in [7, 11) is -3.17. The van der Waals surface area contributed by atoms with Crippen LogP contribution in [0.2, 0.25) is 0 Å². The lowest BCUT2D eigenvalue weighted by Gasteiger charge is -2.39. The molecule has 1 heterocycles. The minimum Gasteiger partial charge on any atom is -0.338 e. The number of amides is 1. The molecule has 0 unspecified atom stereocenters. The minimum absolute atomic E-state index is 0.0574. The van der Waals surface area contributed by atoms with Gasteiger partial charge >= 0.3 is 0 Å². The van der Waals surface area contributed by atoms with Crippen LogP contribution in [0.1, 0.15) is 24.0 Å². The van der Waals surface area contributed by atoms with Crippen molar-refractivity contribution in [1.29, 1.82) is 0 Å². The van der Waals surface area contributed by atoms with Crippen molar-refractivity contribution < 1.29 is 13.2 Å². The summed E-state index contributed by atoms with van der Waals surface area (Å²) in [6.07, 6.45) is 2.31. The first kappa shape index (κ1) is 19.2. The molecule has 2 fully saturated rings. The average Bonchev–Trinajstić information content (AvgIpc) is 3.51. The van der Waals surface area contributed by atoms with Crippen molar-refractivity contribution in [2.45, 2.75) is 31.1 Å². The van der Waals surface area contributed by atoms with Crippen LogP contribution in [-0.2, 0) is 27.8 Å². The van der Waals surface area contributed by atoms with Crippen molar-refractivity contribution in [1.82, 2.24) is 9.21 Å². The summed E-state index contributed by atoms with van der Waals surface area (Å²) in [5.74, 6) is -0.171. The van der Waals surface area contributed by atoms with Gasteiger partial charge in [-0.1, -0.05) is 60.7 Å². The van der Waals surface area contributed by atoms with Gasteiger partial charge in [-0.2, -0.15) is 4.31 Å². The summed E-state index contributed by atoms with van der Waals surface area (Å²) in [5, 5.41) is -0.206. The van der Waals surface area contributed by atoms with Gasteiger partial charge in [0, 0.05) is 26.2 Å². The first-order valence-electron chi connectivity index (χ1n) is 9.89. The molecule has 0 N–H and O–H groups in total. The maximum absolute atomic E-state index is 13.1. The van der Waals surface area contributed by atoms with Crippen molar-refractivity contribution in [3.8, 4) is 0 Å². The van der Waals surface area contributed by atoms with Crippen molar-refractivity contribution in [2.24, 2.45) is 5.92 Å². The lowest BCUT2D eigenvalue weighted by atomic mass is 10.0. The number of benzene rings is 2. The summed E-state index contributed by atoms with van der Waals surface area (Å²) in [4.78, 5) is 15.0. The van der Waals surface area contributed by atoms with Gasteiger partial charge in [-0.05, 0) is 30.4 Å². The van der Waals surface area contributed by atoms with Crippen LogP contribution in [0.15, 0.2) is 60.7 Å². The number of carbonyl (C=O) groups excluding carboxylic acids is 1. The number of hydrogen-bond acceptors (Lipinski definition) is 3. The van der Waals surface area contributed by atoms with E-state index in [0.717, 1.165) is 24.8 Å². The van der Waals surface area contributed by atoms with E-state index in [1.807, 2.05) is 53.4 Å². The van der Waals surface area contributed by atoms with Gasteiger partial charge in [0.2, 0.25) is 15.9 Å². The smallest absolute Gasteiger partial charge is 0.228 e. The Morgan fingerprint density at radius 1 is 0.929 bits per heavy atom. The maximum Gasteiger partial charge on any atom is 0.228 e. The van der Waals surface area contributed by atoms with Crippen LogP contribution in [-0.4, -0.2) is 48.4 Å². The highest BCUT2D eigenvalue weighted by atomic mass is 32.2. The Labute approximate surface area is 167 Å². The van der Waals surface area contributed by atoms with E-state index in [1.54, 1.807) is 0 Å². The second kappa shape index (κ2) is 8.05. The van der Waals surface area contributed by atoms with Crippen LogP contribution < -0.4 is 0 Å². The highest BCUT2D eigenvalue weighted by molar-refractivity contribution is 7.90. The van der Waals surface area contributed by atoms with E-state index in [-0.39, 0.29) is 17.1 Å². The van der Waals surface area contributed by atoms with Gasteiger partial charge in [-0.15, -0.1) is 0 Å². The number of sulfonamides is 1. The van der Waals surface area contributed by atoms with Crippen molar-refractivity contribution in [3.63, 3.8) is 0 Å². The zero-order valence-electron chi connectivity index (χ0n) is 15.9. The highest BCUT2D eigenvalue weighted by Crippen LogP contribution is 2.35. The Bertz CT molecular complexity index is 905. The fourth-order valence-corrected chi connectivity index (χ4v) is 5.55. The Kier molecular flexibility index (Phi) is 5.51. The normalized spacial score (nSPS) is 17.9. The lowest BCUT2D eigenvalue weighted by molar-refractivity contribution is -0.139. The second-order valence-corrected chi connectivity index (χ2v) is 9.95. The van der Waals surface area contributed by atoms with Crippen LogP contribution in [0.25, 0.3) is 0 Å². The molecule has 2 aliphatic rings. The number of carbonyl (C=O) groups is 1. The molecule has 1 saturated heterocycles. The standard InChI is InChI=1S/C22H26N2O3S/c25-22(20-16-24(17-20)28(26,27)21-11-12-21)23(15-19-9-5-2-6-10-19)14-13-18-7-3-1-4-8-18/h1-10,20-21H,11-17H2. The van der Waals surface area contributed by atoms with E-state index in [0.29, 0.717) is 26.2 Å². The fourth-order valence-electron chi connectivity index (χ4n) is 3.62. The van der Waals surface area contributed by atoms with Gasteiger partial charge in [0.1, 0.15) is 0 Å². The van der Waals surface area contributed by atoms with Gasteiger partial charge in [-0.3, -0.25) is 4.79 Å². The fraction of sp³-hybridized carbons (Fsp3) is 0.409. The molecule has 6 heteroatoms. The first-order chi connectivity index (χ1) is 13.5. The van der Waals surface area contributed by atoms with Crippen LogP contribution >= 0.6 is 0 Å². The van der Waals surface area contributed by atoms with Gasteiger partial charge in [0.15, 0.2) is 0 Å². The summed E-state index contributed by atoms with van der Waals surface area (Å²) in [6, 6.07) is 20.1. The average molecular weight is 399 g/mol. The summed E-state index contributed by atoms with van der Waals surface area (Å²) in [6.45, 7) is 1.84. The van der Waals surface area contributed by atoms with Crippen LogP contribution in [0.3, 0.4) is 0 Å². The number of rotatable bonds is 8. The zero-order chi connectivity index (χ0) is 19.6. The molecule has 28 heavy (non-hydrogen) atoms. The topological polar surface area (TPSA) is 57.7 Å². The molecule has 0 bridgehead atoms. The van der Waals surface area contributed by atoms with Crippen LogP contribution in [0.5, 0.6) is 0 Å². The van der Waals surface area contributed by atoms with Crippen LogP contribution in [0, 0.1) is 5.92 Å². The predicted octanol–water partition coefficient (Wildman–Crippen LogP) is 2.68. The Balaban J connectivity index is 1.41. The number of nitrogens with zero attached hydrogens (tertiary/aromatic N) is 2. The van der Waals surface area contributed by atoms with Crippen molar-refractivity contribution in [2.75, 3.05) is 19.6 Å². The third kappa shape index (κ3) is 4.28. The van der Waals surface area contributed by atoms with E-state index in [9.17, 15) is 13.2 Å². The van der Waals surface area contributed by atoms with E-state index in [4.69, 9.17) is 0 Å². The SMILES string of the molecule is O=C(C1CN(S(=O)(=O)C2CC2)C1)N(CCc1ccccc1)Cc1ccccc1. The molecule has 0 atom stereocenters. The first-order valence-corrected chi connectivity index (χ1v) is 11.4. The number of hydrogen-bond donors (Lipinski definition) is 0. The molecule has 4 rings (SSSR count). The molecule has 2 aromatic rings. The van der Waals surface area contributed by atoms with Gasteiger partial charge in [-0.25, -0.2) is 8.42 Å². The Morgan fingerprint density at radius 3 is 2.07 bits per heavy atom. The van der Waals surface area contributed by atoms with E-state index in [1.165, 1.54) is 9.87 Å². The Hall–Kier alpha value is -2.18. The zero-order valence-corrected chi connectivity index (χ0v) is 16.7. The van der Waals surface area contributed by atoms with Gasteiger partial charge < -0.3 is 4.90 Å². The van der Waals surface area contributed by atoms with E-state index >= 15 is 0 Å². The second-order valence-electron chi connectivity index (χ2n) is 7.74. The molecular formula is C22H26N2O3S. The minimum atomic E-state index is -3.17. The monoisotopic (exact) mass is 398 g/mol. The molecule has 0 spiro atoms. The largest absolute Gasteiger partial charge is 0.338 e. The van der Waals surface area contributed by atoms with Crippen LogP contribution in [0.4, 0.5) is 0 Å². The molecule has 1 amide bonds.